The molecular weight excluding hydrogens is 482 g/mol. The number of amides is 1. The van der Waals surface area contributed by atoms with Crippen LogP contribution in [0.1, 0.15) is 32.1 Å². The molecule has 0 unspecified atom stereocenters. The number of carbonyl (C=O) groups is 1. The molecule has 2 aromatic rings. The van der Waals surface area contributed by atoms with Crippen molar-refractivity contribution in [3.05, 3.63) is 41.4 Å². The molecule has 1 N–H and O–H groups in total. The Morgan fingerprint density at radius 3 is 2.26 bits per heavy atom. The van der Waals surface area contributed by atoms with Gasteiger partial charge in [-0.15, -0.1) is 0 Å². The highest BCUT2D eigenvalue weighted by Crippen LogP contribution is 2.37. The third-order valence-electron chi connectivity index (χ3n) is 5.41. The molecule has 0 atom stereocenters. The van der Waals surface area contributed by atoms with Crippen LogP contribution in [0.2, 0.25) is 5.02 Å². The van der Waals surface area contributed by atoms with E-state index < -0.39 is 22.5 Å². The molecule has 11 heteroatoms. The number of benzene rings is 2. The molecule has 1 aliphatic rings. The second-order valence-corrected chi connectivity index (χ2v) is 9.92. The predicted octanol–water partition coefficient (Wildman–Crippen LogP) is 4.00. The van der Waals surface area contributed by atoms with Crippen LogP contribution in [0.25, 0.3) is 0 Å². The second-order valence-electron chi connectivity index (χ2n) is 7.62. The van der Waals surface area contributed by atoms with Crippen molar-refractivity contribution < 1.29 is 27.4 Å². The number of hydrogen-bond donors (Lipinski definition) is 1. The van der Waals surface area contributed by atoms with Crippen molar-refractivity contribution in [2.45, 2.75) is 37.0 Å². The first-order chi connectivity index (χ1) is 16.3. The van der Waals surface area contributed by atoms with Gasteiger partial charge in [-0.25, -0.2) is 13.8 Å². The fraction of sp³-hybridized carbons (Fsp3) is 0.391. The van der Waals surface area contributed by atoms with E-state index >= 15 is 0 Å². The van der Waals surface area contributed by atoms with Crippen molar-refractivity contribution in [1.82, 2.24) is 5.43 Å². The summed E-state index contributed by atoms with van der Waals surface area (Å²) in [5.74, 6) is 0.244. The summed E-state index contributed by atoms with van der Waals surface area (Å²) in [6.45, 7) is -0.538. The Hall–Kier alpha value is -2.98. The van der Waals surface area contributed by atoms with Crippen LogP contribution in [0.15, 0.2) is 46.4 Å². The summed E-state index contributed by atoms with van der Waals surface area (Å²) in [5.41, 5.74) is 3.51. The van der Waals surface area contributed by atoms with E-state index in [1.165, 1.54) is 51.7 Å². The zero-order chi connectivity index (χ0) is 24.7. The van der Waals surface area contributed by atoms with Crippen molar-refractivity contribution in [2.75, 3.05) is 32.2 Å². The molecule has 0 aliphatic heterocycles. The number of anilines is 1. The van der Waals surface area contributed by atoms with E-state index in [2.05, 4.69) is 10.5 Å². The normalized spacial score (nSPS) is 13.7. The average molecular weight is 510 g/mol. The van der Waals surface area contributed by atoms with Crippen LogP contribution in [-0.2, 0) is 14.8 Å². The first-order valence-corrected chi connectivity index (χ1v) is 12.5. The first kappa shape index (κ1) is 25.6. The number of carbonyl (C=O) groups excluding carboxylic acids is 1. The fourth-order valence-corrected chi connectivity index (χ4v) is 5.25. The van der Waals surface area contributed by atoms with E-state index in [-0.39, 0.29) is 27.1 Å². The van der Waals surface area contributed by atoms with Crippen LogP contribution in [0, 0.1) is 0 Å². The summed E-state index contributed by atoms with van der Waals surface area (Å²) >= 11 is 6.16. The SMILES string of the molecule is COc1ccc(S(=O)(=O)N(CC(=O)NN=C2CCCCC2)c2cc(Cl)ccc2OC)cc1OC. The summed E-state index contributed by atoms with van der Waals surface area (Å²) in [7, 11) is 0.0147. The lowest BCUT2D eigenvalue weighted by Gasteiger charge is -2.26. The Labute approximate surface area is 204 Å². The van der Waals surface area contributed by atoms with Gasteiger partial charge in [0.05, 0.1) is 31.9 Å². The number of methoxy groups -OCH3 is 3. The van der Waals surface area contributed by atoms with Crippen LogP contribution < -0.4 is 23.9 Å². The molecular formula is C23H28ClN3O6S. The number of nitrogens with one attached hydrogen (secondary N) is 1. The maximum absolute atomic E-state index is 13.7. The highest BCUT2D eigenvalue weighted by Gasteiger charge is 2.30. The molecule has 0 heterocycles. The van der Waals surface area contributed by atoms with E-state index in [0.717, 1.165) is 42.1 Å². The molecule has 1 aliphatic carbocycles. The van der Waals surface area contributed by atoms with Gasteiger partial charge in [0.15, 0.2) is 11.5 Å². The highest BCUT2D eigenvalue weighted by molar-refractivity contribution is 7.92. The van der Waals surface area contributed by atoms with E-state index in [9.17, 15) is 13.2 Å². The summed E-state index contributed by atoms with van der Waals surface area (Å²) < 4.78 is 44.2. The highest BCUT2D eigenvalue weighted by atomic mass is 35.5. The number of nitrogens with zero attached hydrogens (tertiary/aromatic N) is 2. The van der Waals surface area contributed by atoms with Gasteiger partial charge in [-0.3, -0.25) is 9.10 Å². The lowest BCUT2D eigenvalue weighted by Crippen LogP contribution is -2.40. The number of halogens is 1. The summed E-state index contributed by atoms with van der Waals surface area (Å²) in [5, 5.41) is 4.48. The van der Waals surface area contributed by atoms with Gasteiger partial charge >= 0.3 is 0 Å². The summed E-state index contributed by atoms with van der Waals surface area (Å²) in [6, 6.07) is 8.72. The van der Waals surface area contributed by atoms with Crippen LogP contribution >= 0.6 is 11.6 Å². The largest absolute Gasteiger partial charge is 0.495 e. The lowest BCUT2D eigenvalue weighted by atomic mass is 9.99. The van der Waals surface area contributed by atoms with E-state index in [1.54, 1.807) is 6.07 Å². The zero-order valence-corrected chi connectivity index (χ0v) is 20.9. The van der Waals surface area contributed by atoms with Crippen molar-refractivity contribution in [3.8, 4) is 17.2 Å². The molecule has 0 aromatic heterocycles. The van der Waals surface area contributed by atoms with Crippen molar-refractivity contribution >= 4 is 38.9 Å². The predicted molar refractivity (Wildman–Crippen MR) is 131 cm³/mol. The number of sulfonamides is 1. The lowest BCUT2D eigenvalue weighted by molar-refractivity contribution is -0.119. The molecule has 0 spiro atoms. The number of hydrogen-bond acceptors (Lipinski definition) is 7. The third-order valence-corrected chi connectivity index (χ3v) is 7.40. The number of rotatable bonds is 9. The third kappa shape index (κ3) is 5.92. The number of ether oxygens (including phenoxy) is 3. The van der Waals surface area contributed by atoms with E-state index in [4.69, 9.17) is 25.8 Å². The minimum atomic E-state index is -4.25. The Balaban J connectivity index is 2.01. The van der Waals surface area contributed by atoms with Gasteiger partial charge in [0.1, 0.15) is 12.3 Å². The Bertz CT molecular complexity index is 1160. The molecule has 1 saturated carbocycles. The summed E-state index contributed by atoms with van der Waals surface area (Å²) in [4.78, 5) is 12.7. The van der Waals surface area contributed by atoms with Gasteiger partial charge in [-0.2, -0.15) is 5.10 Å². The van der Waals surface area contributed by atoms with Gasteiger partial charge in [0.2, 0.25) is 0 Å². The molecule has 1 amide bonds. The van der Waals surface area contributed by atoms with Gasteiger partial charge in [0.25, 0.3) is 15.9 Å². The van der Waals surface area contributed by atoms with Crippen molar-refractivity contribution in [2.24, 2.45) is 5.10 Å². The molecule has 2 aromatic carbocycles. The minimum Gasteiger partial charge on any atom is -0.495 e. The van der Waals surface area contributed by atoms with Crippen LogP contribution in [0.3, 0.4) is 0 Å². The molecule has 9 nitrogen and oxygen atoms in total. The molecule has 184 valence electrons. The molecule has 34 heavy (non-hydrogen) atoms. The maximum atomic E-state index is 13.7. The van der Waals surface area contributed by atoms with Gasteiger partial charge in [-0.1, -0.05) is 18.0 Å². The topological polar surface area (TPSA) is 107 Å². The van der Waals surface area contributed by atoms with Crippen LogP contribution in [-0.4, -0.2) is 47.9 Å². The molecule has 1 fully saturated rings. The van der Waals surface area contributed by atoms with Crippen LogP contribution in [0.4, 0.5) is 5.69 Å². The monoisotopic (exact) mass is 509 g/mol. The Morgan fingerprint density at radius 2 is 1.62 bits per heavy atom. The van der Waals surface area contributed by atoms with E-state index in [1.807, 2.05) is 0 Å². The second kappa shape index (κ2) is 11.4. The smallest absolute Gasteiger partial charge is 0.265 e. The standard InChI is InChI=1S/C23H28ClN3O6S/c1-31-20-11-9-16(24)13-19(20)27(15-23(28)26-25-17-7-5-4-6-8-17)34(29,30)18-10-12-21(32-2)22(14-18)33-3/h9-14H,4-8,15H2,1-3H3,(H,26,28). The van der Waals surface area contributed by atoms with Crippen molar-refractivity contribution in [3.63, 3.8) is 0 Å². The van der Waals surface area contributed by atoms with Gasteiger partial charge < -0.3 is 14.2 Å². The maximum Gasteiger partial charge on any atom is 0.265 e. The van der Waals surface area contributed by atoms with Crippen molar-refractivity contribution in [1.29, 1.82) is 0 Å². The van der Waals surface area contributed by atoms with E-state index in [0.29, 0.717) is 5.75 Å². The molecule has 0 saturated heterocycles. The Morgan fingerprint density at radius 1 is 0.971 bits per heavy atom. The Kier molecular flexibility index (Phi) is 8.62. The number of hydrazone groups is 1. The fourth-order valence-electron chi connectivity index (χ4n) is 3.64. The summed E-state index contributed by atoms with van der Waals surface area (Å²) in [6.07, 6.45) is 4.81. The average Bonchev–Trinajstić information content (AvgIpc) is 2.86. The quantitative estimate of drug-likeness (QED) is 0.512. The van der Waals surface area contributed by atoms with Gasteiger partial charge in [0, 0.05) is 16.8 Å². The zero-order valence-electron chi connectivity index (χ0n) is 19.3. The molecule has 0 bridgehead atoms. The minimum absolute atomic E-state index is 0.0985. The van der Waals surface area contributed by atoms with Crippen LogP contribution in [0.5, 0.6) is 17.2 Å². The molecule has 3 rings (SSSR count). The molecule has 0 radical (unpaired) electrons. The first-order valence-electron chi connectivity index (χ1n) is 10.7. The van der Waals surface area contributed by atoms with Gasteiger partial charge in [-0.05, 0) is 56.0 Å².